The van der Waals surface area contributed by atoms with E-state index in [1.165, 1.54) is 30.5 Å². The van der Waals surface area contributed by atoms with Crippen LogP contribution in [0.3, 0.4) is 0 Å². The Bertz CT molecular complexity index is 309. The molecule has 0 aliphatic heterocycles. The summed E-state index contributed by atoms with van der Waals surface area (Å²) in [5, 5.41) is 0. The fourth-order valence-corrected chi connectivity index (χ4v) is 1.94. The molecule has 0 radical (unpaired) electrons. The second-order valence-corrected chi connectivity index (χ2v) is 5.85. The third-order valence-corrected chi connectivity index (χ3v) is 2.65. The summed E-state index contributed by atoms with van der Waals surface area (Å²) in [5.74, 6) is 0. The highest BCUT2D eigenvalue weighted by Gasteiger charge is 2.11. The lowest BCUT2D eigenvalue weighted by molar-refractivity contribution is 0.411. The third-order valence-electron chi connectivity index (χ3n) is 2.65. The standard InChI is InChI=1S/C15H25N/c1-5-6-7-8-14-11-13(9-10-16-14)12-15(2,3)4/h9-11H,5-8,12H2,1-4H3. The minimum Gasteiger partial charge on any atom is -0.261 e. The Hall–Kier alpha value is -0.850. The predicted octanol–water partition coefficient (Wildman–Crippen LogP) is 4.40. The predicted molar refractivity (Wildman–Crippen MR) is 70.6 cm³/mol. The van der Waals surface area contributed by atoms with Crippen LogP contribution in [-0.4, -0.2) is 4.98 Å². The Kier molecular flexibility index (Phi) is 4.98. The van der Waals surface area contributed by atoms with Crippen LogP contribution in [0.2, 0.25) is 0 Å². The van der Waals surface area contributed by atoms with Gasteiger partial charge in [-0.2, -0.15) is 0 Å². The smallest absolute Gasteiger partial charge is 0.0406 e. The average molecular weight is 219 g/mol. The van der Waals surface area contributed by atoms with E-state index in [0.717, 1.165) is 12.8 Å². The minimum atomic E-state index is 0.363. The van der Waals surface area contributed by atoms with Gasteiger partial charge in [0, 0.05) is 11.9 Å². The second kappa shape index (κ2) is 6.03. The summed E-state index contributed by atoms with van der Waals surface area (Å²) in [4.78, 5) is 4.44. The van der Waals surface area contributed by atoms with Crippen molar-refractivity contribution >= 4 is 0 Å². The summed E-state index contributed by atoms with van der Waals surface area (Å²) < 4.78 is 0. The van der Waals surface area contributed by atoms with E-state index in [1.807, 2.05) is 6.20 Å². The first-order valence-corrected chi connectivity index (χ1v) is 6.45. The summed E-state index contributed by atoms with van der Waals surface area (Å²) >= 11 is 0. The summed E-state index contributed by atoms with van der Waals surface area (Å²) in [7, 11) is 0. The lowest BCUT2D eigenvalue weighted by Crippen LogP contribution is -2.09. The zero-order valence-corrected chi connectivity index (χ0v) is 11.2. The Morgan fingerprint density at radius 2 is 1.94 bits per heavy atom. The van der Waals surface area contributed by atoms with Crippen molar-refractivity contribution in [3.63, 3.8) is 0 Å². The van der Waals surface area contributed by atoms with Crippen LogP contribution in [-0.2, 0) is 12.8 Å². The third kappa shape index (κ3) is 5.29. The Labute approximate surface area is 100 Å². The van der Waals surface area contributed by atoms with Crippen LogP contribution >= 0.6 is 0 Å². The molecule has 16 heavy (non-hydrogen) atoms. The number of nitrogens with zero attached hydrogens (tertiary/aromatic N) is 1. The molecular formula is C15H25N. The second-order valence-electron chi connectivity index (χ2n) is 5.85. The van der Waals surface area contributed by atoms with Gasteiger partial charge in [-0.15, -0.1) is 0 Å². The highest BCUT2D eigenvalue weighted by atomic mass is 14.7. The fourth-order valence-electron chi connectivity index (χ4n) is 1.94. The van der Waals surface area contributed by atoms with Gasteiger partial charge in [-0.05, 0) is 42.4 Å². The lowest BCUT2D eigenvalue weighted by Gasteiger charge is -2.18. The van der Waals surface area contributed by atoms with Crippen LogP contribution in [0.5, 0.6) is 0 Å². The van der Waals surface area contributed by atoms with Crippen molar-refractivity contribution in [2.75, 3.05) is 0 Å². The number of hydrogen-bond acceptors (Lipinski definition) is 1. The van der Waals surface area contributed by atoms with Crippen molar-refractivity contribution in [1.29, 1.82) is 0 Å². The molecule has 0 N–H and O–H groups in total. The lowest BCUT2D eigenvalue weighted by atomic mass is 9.88. The van der Waals surface area contributed by atoms with E-state index in [0.29, 0.717) is 5.41 Å². The Morgan fingerprint density at radius 1 is 1.19 bits per heavy atom. The van der Waals surface area contributed by atoms with Crippen LogP contribution in [0.15, 0.2) is 18.3 Å². The first-order valence-electron chi connectivity index (χ1n) is 6.45. The molecule has 0 unspecified atom stereocenters. The number of unbranched alkanes of at least 4 members (excludes halogenated alkanes) is 2. The Morgan fingerprint density at radius 3 is 2.56 bits per heavy atom. The molecule has 0 bridgehead atoms. The van der Waals surface area contributed by atoms with Gasteiger partial charge >= 0.3 is 0 Å². The highest BCUT2D eigenvalue weighted by Crippen LogP contribution is 2.20. The van der Waals surface area contributed by atoms with Gasteiger partial charge in [-0.1, -0.05) is 40.5 Å². The first-order chi connectivity index (χ1) is 7.51. The normalized spacial score (nSPS) is 11.8. The monoisotopic (exact) mass is 219 g/mol. The molecule has 1 aromatic rings. The number of hydrogen-bond donors (Lipinski definition) is 0. The quantitative estimate of drug-likeness (QED) is 0.669. The molecule has 0 atom stereocenters. The molecule has 0 aromatic carbocycles. The van der Waals surface area contributed by atoms with E-state index in [-0.39, 0.29) is 0 Å². The van der Waals surface area contributed by atoms with E-state index >= 15 is 0 Å². The summed E-state index contributed by atoms with van der Waals surface area (Å²) in [5.41, 5.74) is 3.05. The van der Waals surface area contributed by atoms with Gasteiger partial charge < -0.3 is 0 Å². The fraction of sp³-hybridized carbons (Fsp3) is 0.667. The summed E-state index contributed by atoms with van der Waals surface area (Å²) in [6.45, 7) is 9.09. The van der Waals surface area contributed by atoms with Gasteiger partial charge in [0.25, 0.3) is 0 Å². The maximum Gasteiger partial charge on any atom is 0.0406 e. The maximum absolute atomic E-state index is 4.44. The van der Waals surface area contributed by atoms with Crippen LogP contribution in [0, 0.1) is 5.41 Å². The average Bonchev–Trinajstić information content (AvgIpc) is 2.16. The van der Waals surface area contributed by atoms with Gasteiger partial charge in [-0.3, -0.25) is 4.98 Å². The maximum atomic E-state index is 4.44. The zero-order valence-electron chi connectivity index (χ0n) is 11.2. The molecule has 1 heterocycles. The molecule has 90 valence electrons. The molecule has 0 amide bonds. The van der Waals surface area contributed by atoms with Crippen LogP contribution < -0.4 is 0 Å². The molecule has 0 saturated carbocycles. The topological polar surface area (TPSA) is 12.9 Å². The van der Waals surface area contributed by atoms with Crippen molar-refractivity contribution in [3.8, 4) is 0 Å². The van der Waals surface area contributed by atoms with Gasteiger partial charge in [-0.25, -0.2) is 0 Å². The van der Waals surface area contributed by atoms with Crippen LogP contribution in [0.4, 0.5) is 0 Å². The zero-order chi connectivity index (χ0) is 12.0. The van der Waals surface area contributed by atoms with Crippen molar-refractivity contribution in [2.24, 2.45) is 5.41 Å². The van der Waals surface area contributed by atoms with Crippen molar-refractivity contribution in [3.05, 3.63) is 29.6 Å². The molecule has 0 aliphatic carbocycles. The van der Waals surface area contributed by atoms with E-state index in [2.05, 4.69) is 44.8 Å². The SMILES string of the molecule is CCCCCc1cc(CC(C)(C)C)ccn1. The molecular weight excluding hydrogens is 194 g/mol. The summed E-state index contributed by atoms with van der Waals surface area (Å²) in [6.07, 6.45) is 8.08. The van der Waals surface area contributed by atoms with Gasteiger partial charge in [0.15, 0.2) is 0 Å². The molecule has 0 saturated heterocycles. The van der Waals surface area contributed by atoms with Crippen molar-refractivity contribution < 1.29 is 0 Å². The van der Waals surface area contributed by atoms with E-state index in [9.17, 15) is 0 Å². The molecule has 0 aliphatic rings. The molecule has 1 heteroatoms. The minimum absolute atomic E-state index is 0.363. The summed E-state index contributed by atoms with van der Waals surface area (Å²) in [6, 6.07) is 4.43. The highest BCUT2D eigenvalue weighted by molar-refractivity contribution is 5.17. The van der Waals surface area contributed by atoms with Crippen LogP contribution in [0.25, 0.3) is 0 Å². The number of pyridine rings is 1. The number of rotatable bonds is 5. The van der Waals surface area contributed by atoms with E-state index in [4.69, 9.17) is 0 Å². The van der Waals surface area contributed by atoms with Crippen molar-refractivity contribution in [1.82, 2.24) is 4.98 Å². The number of aryl methyl sites for hydroxylation is 1. The molecule has 0 spiro atoms. The van der Waals surface area contributed by atoms with E-state index in [1.54, 1.807) is 0 Å². The van der Waals surface area contributed by atoms with Gasteiger partial charge in [0.2, 0.25) is 0 Å². The van der Waals surface area contributed by atoms with Gasteiger partial charge in [0.05, 0.1) is 0 Å². The molecule has 1 rings (SSSR count). The number of aromatic nitrogens is 1. The van der Waals surface area contributed by atoms with Crippen LogP contribution in [0.1, 0.15) is 58.2 Å². The molecule has 0 fully saturated rings. The first kappa shape index (κ1) is 13.2. The molecule has 1 nitrogen and oxygen atoms in total. The van der Waals surface area contributed by atoms with Gasteiger partial charge in [0.1, 0.15) is 0 Å². The Balaban J connectivity index is 2.57. The largest absolute Gasteiger partial charge is 0.261 e. The molecule has 1 aromatic heterocycles. The van der Waals surface area contributed by atoms with E-state index < -0.39 is 0 Å². The van der Waals surface area contributed by atoms with Crippen molar-refractivity contribution in [2.45, 2.75) is 59.8 Å².